The fourth-order valence-corrected chi connectivity index (χ4v) is 5.10. The third-order valence-electron chi connectivity index (χ3n) is 5.99. The summed E-state index contributed by atoms with van der Waals surface area (Å²) in [5.41, 5.74) is 1.58. The first-order valence-corrected chi connectivity index (χ1v) is 12.1. The van der Waals surface area contributed by atoms with Crippen molar-refractivity contribution in [2.24, 2.45) is 0 Å². The maximum atomic E-state index is 12.9. The van der Waals surface area contributed by atoms with Gasteiger partial charge in [-0.25, -0.2) is 0 Å². The topological polar surface area (TPSA) is 75.5 Å². The quantitative estimate of drug-likeness (QED) is 0.306. The Hall–Kier alpha value is -3.00. The van der Waals surface area contributed by atoms with Crippen LogP contribution in [0.4, 0.5) is 0 Å². The molecule has 0 N–H and O–H groups in total. The molecule has 0 bridgehead atoms. The molecule has 7 nitrogen and oxygen atoms in total. The molecule has 1 aromatic heterocycles. The number of benzene rings is 2. The molecule has 1 saturated carbocycles. The van der Waals surface area contributed by atoms with E-state index in [1.807, 2.05) is 24.3 Å². The molecule has 8 heteroatoms. The maximum Gasteiger partial charge on any atom is 0.192 e. The average molecular weight is 468 g/mol. The molecule has 0 aliphatic heterocycles. The highest BCUT2D eigenvalue weighted by atomic mass is 32.2. The number of carbonyl (C=O) groups excluding carboxylic acids is 1. The van der Waals surface area contributed by atoms with E-state index in [1.54, 1.807) is 39.5 Å². The van der Waals surface area contributed by atoms with Crippen molar-refractivity contribution >= 4 is 17.5 Å². The highest BCUT2D eigenvalue weighted by Crippen LogP contribution is 2.36. The van der Waals surface area contributed by atoms with Crippen molar-refractivity contribution in [3.63, 3.8) is 0 Å². The summed E-state index contributed by atoms with van der Waals surface area (Å²) in [6, 6.07) is 13.4. The molecule has 0 amide bonds. The number of hydrogen-bond acceptors (Lipinski definition) is 7. The van der Waals surface area contributed by atoms with E-state index >= 15 is 0 Å². The van der Waals surface area contributed by atoms with Crippen molar-refractivity contribution in [2.75, 3.05) is 27.1 Å². The lowest BCUT2D eigenvalue weighted by Gasteiger charge is -2.25. The van der Waals surface area contributed by atoms with Gasteiger partial charge in [0.05, 0.1) is 27.1 Å². The molecule has 0 radical (unpaired) electrons. The van der Waals surface area contributed by atoms with Crippen LogP contribution in [0.3, 0.4) is 0 Å². The first kappa shape index (κ1) is 23.2. The van der Waals surface area contributed by atoms with Gasteiger partial charge in [0.25, 0.3) is 0 Å². The van der Waals surface area contributed by atoms with Gasteiger partial charge in [0, 0.05) is 17.2 Å². The van der Waals surface area contributed by atoms with E-state index < -0.39 is 0 Å². The minimum Gasteiger partial charge on any atom is -0.497 e. The Balaban J connectivity index is 1.58. The lowest BCUT2D eigenvalue weighted by atomic mass is 9.95. The summed E-state index contributed by atoms with van der Waals surface area (Å²) in [6.45, 7) is 0. The monoisotopic (exact) mass is 467 g/mol. The number of carbonyl (C=O) groups is 1. The molecule has 1 heterocycles. The van der Waals surface area contributed by atoms with Gasteiger partial charge >= 0.3 is 0 Å². The van der Waals surface area contributed by atoms with Crippen molar-refractivity contribution in [1.29, 1.82) is 0 Å². The van der Waals surface area contributed by atoms with Gasteiger partial charge in [0.15, 0.2) is 28.3 Å². The highest BCUT2D eigenvalue weighted by Gasteiger charge is 2.24. The molecule has 0 atom stereocenters. The van der Waals surface area contributed by atoms with Crippen molar-refractivity contribution < 1.29 is 19.0 Å². The zero-order valence-corrected chi connectivity index (χ0v) is 20.1. The molecule has 174 valence electrons. The van der Waals surface area contributed by atoms with Crippen LogP contribution in [0, 0.1) is 0 Å². The Morgan fingerprint density at radius 1 is 0.939 bits per heavy atom. The molecule has 4 rings (SSSR count). The van der Waals surface area contributed by atoms with Gasteiger partial charge in [-0.2, -0.15) is 0 Å². The smallest absolute Gasteiger partial charge is 0.192 e. The van der Waals surface area contributed by atoms with Crippen LogP contribution >= 0.6 is 11.8 Å². The molecule has 0 saturated heterocycles. The van der Waals surface area contributed by atoms with Crippen molar-refractivity contribution in [2.45, 2.75) is 43.3 Å². The SMILES string of the molecule is COc1ccc(-c2nnc(SCC(=O)c3ccc(OC)c(OC)c3)n2C2CCCCC2)cc1. The van der Waals surface area contributed by atoms with E-state index in [1.165, 1.54) is 31.0 Å². The van der Waals surface area contributed by atoms with Crippen LogP contribution in [0.2, 0.25) is 0 Å². The van der Waals surface area contributed by atoms with Crippen molar-refractivity contribution in [3.8, 4) is 28.6 Å². The Morgan fingerprint density at radius 2 is 1.67 bits per heavy atom. The molecular weight excluding hydrogens is 438 g/mol. The minimum atomic E-state index is 0.00476. The number of ketones is 1. The normalized spacial score (nSPS) is 14.2. The van der Waals surface area contributed by atoms with Gasteiger partial charge in [-0.3, -0.25) is 9.36 Å². The first-order valence-electron chi connectivity index (χ1n) is 11.1. The van der Waals surface area contributed by atoms with Crippen LogP contribution in [0.1, 0.15) is 48.5 Å². The number of ether oxygens (including phenoxy) is 3. The molecular formula is C25H29N3O4S. The fourth-order valence-electron chi connectivity index (χ4n) is 4.20. The second-order valence-electron chi connectivity index (χ2n) is 7.98. The molecule has 1 aliphatic carbocycles. The number of rotatable bonds is 9. The molecule has 1 fully saturated rings. The Morgan fingerprint density at radius 3 is 2.33 bits per heavy atom. The van der Waals surface area contributed by atoms with E-state index in [9.17, 15) is 4.79 Å². The van der Waals surface area contributed by atoms with Crippen LogP contribution in [-0.4, -0.2) is 47.6 Å². The van der Waals surface area contributed by atoms with Crippen LogP contribution in [-0.2, 0) is 0 Å². The van der Waals surface area contributed by atoms with E-state index in [2.05, 4.69) is 14.8 Å². The number of thioether (sulfide) groups is 1. The third-order valence-corrected chi connectivity index (χ3v) is 6.93. The second kappa shape index (κ2) is 10.7. The maximum absolute atomic E-state index is 12.9. The lowest BCUT2D eigenvalue weighted by molar-refractivity contribution is 0.102. The molecule has 1 aliphatic rings. The molecule has 0 unspecified atom stereocenters. The summed E-state index contributed by atoms with van der Waals surface area (Å²) in [7, 11) is 4.80. The Kier molecular flexibility index (Phi) is 7.54. The number of aromatic nitrogens is 3. The van der Waals surface area contributed by atoms with Crippen LogP contribution in [0.25, 0.3) is 11.4 Å². The van der Waals surface area contributed by atoms with E-state index in [0.717, 1.165) is 35.1 Å². The lowest BCUT2D eigenvalue weighted by Crippen LogP contribution is -2.15. The predicted octanol–water partition coefficient (Wildman–Crippen LogP) is 5.45. The number of methoxy groups -OCH3 is 3. The van der Waals surface area contributed by atoms with E-state index in [0.29, 0.717) is 23.1 Å². The molecule has 3 aromatic rings. The average Bonchev–Trinajstić information content (AvgIpc) is 3.31. The summed E-state index contributed by atoms with van der Waals surface area (Å²) in [5.74, 6) is 3.06. The van der Waals surface area contributed by atoms with Crippen LogP contribution in [0.15, 0.2) is 47.6 Å². The number of nitrogens with zero attached hydrogens (tertiary/aromatic N) is 3. The van der Waals surface area contributed by atoms with Gasteiger partial charge < -0.3 is 14.2 Å². The third kappa shape index (κ3) is 5.16. The fraction of sp³-hybridized carbons (Fsp3) is 0.400. The molecule has 2 aromatic carbocycles. The van der Waals surface area contributed by atoms with Gasteiger partial charge in [0.2, 0.25) is 0 Å². The number of hydrogen-bond donors (Lipinski definition) is 0. The van der Waals surface area contributed by atoms with Crippen LogP contribution < -0.4 is 14.2 Å². The van der Waals surface area contributed by atoms with Crippen LogP contribution in [0.5, 0.6) is 17.2 Å². The summed E-state index contributed by atoms with van der Waals surface area (Å²) in [6.07, 6.45) is 5.84. The zero-order chi connectivity index (χ0) is 23.2. The Bertz CT molecular complexity index is 1090. The molecule has 33 heavy (non-hydrogen) atoms. The zero-order valence-electron chi connectivity index (χ0n) is 19.2. The van der Waals surface area contributed by atoms with Gasteiger partial charge in [0.1, 0.15) is 5.75 Å². The van der Waals surface area contributed by atoms with Gasteiger partial charge in [-0.05, 0) is 55.3 Å². The standard InChI is InChI=1S/C25H29N3O4S/c1-30-20-12-9-17(10-13-20)24-26-27-25(28(24)19-7-5-4-6-8-19)33-16-21(29)18-11-14-22(31-2)23(15-18)32-3/h9-15,19H,4-8,16H2,1-3H3. The summed E-state index contributed by atoms with van der Waals surface area (Å²) in [5, 5.41) is 9.79. The van der Waals surface area contributed by atoms with Crippen molar-refractivity contribution in [3.05, 3.63) is 48.0 Å². The Labute approximate surface area is 198 Å². The highest BCUT2D eigenvalue weighted by molar-refractivity contribution is 7.99. The van der Waals surface area contributed by atoms with E-state index in [4.69, 9.17) is 14.2 Å². The number of Topliss-reactive ketones (excluding diaryl/α,β-unsaturated/α-hetero) is 1. The summed E-state index contributed by atoms with van der Waals surface area (Å²) < 4.78 is 18.1. The minimum absolute atomic E-state index is 0.00476. The molecule has 0 spiro atoms. The predicted molar refractivity (Wildman–Crippen MR) is 129 cm³/mol. The van der Waals surface area contributed by atoms with Crippen molar-refractivity contribution in [1.82, 2.24) is 14.8 Å². The van der Waals surface area contributed by atoms with Gasteiger partial charge in [-0.1, -0.05) is 31.0 Å². The van der Waals surface area contributed by atoms with Gasteiger partial charge in [-0.15, -0.1) is 10.2 Å². The summed E-state index contributed by atoms with van der Waals surface area (Å²) >= 11 is 1.43. The van der Waals surface area contributed by atoms with E-state index in [-0.39, 0.29) is 11.5 Å². The summed E-state index contributed by atoms with van der Waals surface area (Å²) in [4.78, 5) is 12.9. The first-order chi connectivity index (χ1) is 16.1. The second-order valence-corrected chi connectivity index (χ2v) is 8.92. The largest absolute Gasteiger partial charge is 0.497 e.